The van der Waals surface area contributed by atoms with E-state index in [1.807, 2.05) is 27.9 Å². The van der Waals surface area contributed by atoms with Gasteiger partial charge in [-0.3, -0.25) is 9.69 Å². The Bertz CT molecular complexity index is 1230. The van der Waals surface area contributed by atoms with Crippen LogP contribution < -0.4 is 9.80 Å². The number of amides is 2. The van der Waals surface area contributed by atoms with Gasteiger partial charge in [0.1, 0.15) is 5.82 Å². The molecule has 0 bridgehead atoms. The standard InChI is InChI=1S/C24H29N7O4/c1-16(32)29-9-7-19(8-10-29)31-23-20(15-25-31)22(30-11-13-35-14-12-30)26-21(27-23)17-3-5-18(6-4-17)28(2)24(33)34/h3-6,15,19H,7-14H2,1-2H3,(H,33,34). The number of rotatable bonds is 4. The molecule has 35 heavy (non-hydrogen) atoms. The molecule has 0 radical (unpaired) electrons. The number of nitrogens with zero attached hydrogens (tertiary/aromatic N) is 7. The van der Waals surface area contributed by atoms with Gasteiger partial charge in [-0.15, -0.1) is 0 Å². The van der Waals surface area contributed by atoms with Crippen LogP contribution in [-0.2, 0) is 9.53 Å². The van der Waals surface area contributed by atoms with Crippen LogP contribution in [0.4, 0.5) is 16.3 Å². The molecule has 2 aliphatic rings. The second kappa shape index (κ2) is 9.49. The van der Waals surface area contributed by atoms with Crippen molar-refractivity contribution in [1.82, 2.24) is 24.6 Å². The smallest absolute Gasteiger partial charge is 0.411 e. The quantitative estimate of drug-likeness (QED) is 0.607. The molecule has 11 nitrogen and oxygen atoms in total. The Morgan fingerprint density at radius 3 is 2.37 bits per heavy atom. The number of ether oxygens (including phenoxy) is 1. The number of carboxylic acid groups (broad SMARTS) is 1. The number of carbonyl (C=O) groups excluding carboxylic acids is 1. The molecule has 2 saturated heterocycles. The molecule has 2 fully saturated rings. The van der Waals surface area contributed by atoms with Gasteiger partial charge < -0.3 is 19.6 Å². The van der Waals surface area contributed by atoms with Crippen molar-refractivity contribution in [2.45, 2.75) is 25.8 Å². The molecule has 0 saturated carbocycles. The van der Waals surface area contributed by atoms with E-state index in [-0.39, 0.29) is 11.9 Å². The first kappa shape index (κ1) is 23.0. The molecule has 5 rings (SSSR count). The highest BCUT2D eigenvalue weighted by Gasteiger charge is 2.27. The zero-order valence-electron chi connectivity index (χ0n) is 19.9. The van der Waals surface area contributed by atoms with Crippen molar-refractivity contribution in [3.8, 4) is 11.4 Å². The lowest BCUT2D eigenvalue weighted by atomic mass is 10.1. The van der Waals surface area contributed by atoms with E-state index in [0.717, 1.165) is 53.2 Å². The van der Waals surface area contributed by atoms with E-state index < -0.39 is 6.09 Å². The van der Waals surface area contributed by atoms with Gasteiger partial charge in [-0.2, -0.15) is 5.10 Å². The Balaban J connectivity index is 1.54. The van der Waals surface area contributed by atoms with E-state index in [1.165, 1.54) is 7.05 Å². The number of carbonyl (C=O) groups is 2. The normalized spacial score (nSPS) is 17.1. The molecule has 3 aromatic rings. The topological polar surface area (TPSA) is 117 Å². The lowest BCUT2D eigenvalue weighted by Gasteiger charge is -2.31. The molecular weight excluding hydrogens is 450 g/mol. The minimum absolute atomic E-state index is 0.102. The molecule has 0 atom stereocenters. The summed E-state index contributed by atoms with van der Waals surface area (Å²) in [7, 11) is 1.51. The third-order valence-electron chi connectivity index (χ3n) is 6.80. The SMILES string of the molecule is CC(=O)N1CCC(n2ncc3c(N4CCOCC4)nc(-c4ccc(N(C)C(=O)O)cc4)nc32)CC1. The molecule has 1 aromatic carbocycles. The minimum atomic E-state index is -1.02. The maximum absolute atomic E-state index is 11.8. The second-order valence-corrected chi connectivity index (χ2v) is 8.92. The highest BCUT2D eigenvalue weighted by atomic mass is 16.5. The summed E-state index contributed by atoms with van der Waals surface area (Å²) < 4.78 is 7.52. The number of morpholine rings is 1. The summed E-state index contributed by atoms with van der Waals surface area (Å²) >= 11 is 0. The number of anilines is 2. The van der Waals surface area contributed by atoms with Gasteiger partial charge in [0.15, 0.2) is 11.5 Å². The molecule has 184 valence electrons. The van der Waals surface area contributed by atoms with Crippen molar-refractivity contribution in [3.63, 3.8) is 0 Å². The van der Waals surface area contributed by atoms with E-state index in [4.69, 9.17) is 19.8 Å². The van der Waals surface area contributed by atoms with Gasteiger partial charge in [-0.25, -0.2) is 19.4 Å². The Morgan fingerprint density at radius 2 is 1.74 bits per heavy atom. The van der Waals surface area contributed by atoms with Crippen LogP contribution >= 0.6 is 0 Å². The number of piperidine rings is 1. The van der Waals surface area contributed by atoms with E-state index in [0.29, 0.717) is 37.8 Å². The second-order valence-electron chi connectivity index (χ2n) is 8.92. The number of aromatic nitrogens is 4. The summed E-state index contributed by atoms with van der Waals surface area (Å²) in [6.45, 7) is 5.75. The molecule has 0 spiro atoms. The molecule has 0 unspecified atom stereocenters. The summed E-state index contributed by atoms with van der Waals surface area (Å²) in [5.74, 6) is 1.49. The van der Waals surface area contributed by atoms with E-state index >= 15 is 0 Å². The Hall–Kier alpha value is -3.73. The van der Waals surface area contributed by atoms with Crippen molar-refractivity contribution >= 4 is 34.5 Å². The van der Waals surface area contributed by atoms with Gasteiger partial charge in [0.05, 0.1) is 30.8 Å². The fourth-order valence-corrected chi connectivity index (χ4v) is 4.69. The highest BCUT2D eigenvalue weighted by Crippen LogP contribution is 2.32. The molecule has 2 amide bonds. The van der Waals surface area contributed by atoms with E-state index in [9.17, 15) is 14.7 Å². The van der Waals surface area contributed by atoms with Crippen molar-refractivity contribution in [2.75, 3.05) is 56.2 Å². The van der Waals surface area contributed by atoms with Gasteiger partial charge >= 0.3 is 6.09 Å². The number of hydrogen-bond donors (Lipinski definition) is 1. The number of likely N-dealkylation sites (tertiary alicyclic amines) is 1. The Morgan fingerprint density at radius 1 is 1.06 bits per heavy atom. The lowest BCUT2D eigenvalue weighted by molar-refractivity contribution is -0.130. The van der Waals surface area contributed by atoms with Gasteiger partial charge in [0.2, 0.25) is 5.91 Å². The van der Waals surface area contributed by atoms with Crippen LogP contribution in [0, 0.1) is 0 Å². The predicted octanol–water partition coefficient (Wildman–Crippen LogP) is 2.63. The predicted molar refractivity (Wildman–Crippen MR) is 131 cm³/mol. The number of benzene rings is 1. The molecule has 1 N–H and O–H groups in total. The molecule has 2 aromatic heterocycles. The molecule has 11 heteroatoms. The van der Waals surface area contributed by atoms with Crippen LogP contribution in [0.2, 0.25) is 0 Å². The van der Waals surface area contributed by atoms with Crippen LogP contribution in [0.3, 0.4) is 0 Å². The summed E-state index contributed by atoms with van der Waals surface area (Å²) in [4.78, 5) is 38.1. The van der Waals surface area contributed by atoms with Crippen LogP contribution in [0.25, 0.3) is 22.4 Å². The van der Waals surface area contributed by atoms with Gasteiger partial charge in [-0.1, -0.05) is 0 Å². The van der Waals surface area contributed by atoms with Gasteiger partial charge in [0, 0.05) is 51.4 Å². The van der Waals surface area contributed by atoms with Crippen molar-refractivity contribution < 1.29 is 19.4 Å². The van der Waals surface area contributed by atoms with E-state index in [2.05, 4.69) is 4.90 Å². The highest BCUT2D eigenvalue weighted by molar-refractivity contribution is 5.89. The zero-order chi connectivity index (χ0) is 24.5. The molecule has 4 heterocycles. The van der Waals surface area contributed by atoms with Crippen molar-refractivity contribution in [2.24, 2.45) is 0 Å². The van der Waals surface area contributed by atoms with Gasteiger partial charge in [0.25, 0.3) is 0 Å². The summed E-state index contributed by atoms with van der Waals surface area (Å²) in [6, 6.07) is 7.33. The monoisotopic (exact) mass is 479 g/mol. The maximum atomic E-state index is 11.8. The summed E-state index contributed by atoms with van der Waals surface area (Å²) in [5.41, 5.74) is 2.13. The van der Waals surface area contributed by atoms with Crippen molar-refractivity contribution in [3.05, 3.63) is 30.5 Å². The fraction of sp³-hybridized carbons (Fsp3) is 0.458. The van der Waals surface area contributed by atoms with Crippen LogP contribution in [0.5, 0.6) is 0 Å². The first-order chi connectivity index (χ1) is 16.9. The van der Waals surface area contributed by atoms with Crippen LogP contribution in [0.15, 0.2) is 30.5 Å². The Kier molecular flexibility index (Phi) is 6.25. The number of fused-ring (bicyclic) bond motifs is 1. The maximum Gasteiger partial charge on any atom is 0.411 e. The average Bonchev–Trinajstić information content (AvgIpc) is 3.32. The third kappa shape index (κ3) is 4.51. The largest absolute Gasteiger partial charge is 0.465 e. The summed E-state index contributed by atoms with van der Waals surface area (Å²) in [6.07, 6.45) is 2.45. The summed E-state index contributed by atoms with van der Waals surface area (Å²) in [5, 5.41) is 14.9. The minimum Gasteiger partial charge on any atom is -0.465 e. The fourth-order valence-electron chi connectivity index (χ4n) is 4.69. The first-order valence-corrected chi connectivity index (χ1v) is 11.8. The Labute approximate surface area is 202 Å². The van der Waals surface area contributed by atoms with Crippen LogP contribution in [-0.4, -0.2) is 88.2 Å². The third-order valence-corrected chi connectivity index (χ3v) is 6.80. The number of hydrogen-bond acceptors (Lipinski definition) is 7. The molecular formula is C24H29N7O4. The van der Waals surface area contributed by atoms with Crippen LogP contribution in [0.1, 0.15) is 25.8 Å². The van der Waals surface area contributed by atoms with Gasteiger partial charge in [-0.05, 0) is 37.1 Å². The first-order valence-electron chi connectivity index (χ1n) is 11.8. The van der Waals surface area contributed by atoms with Crippen molar-refractivity contribution in [1.29, 1.82) is 0 Å². The zero-order valence-corrected chi connectivity index (χ0v) is 19.9. The van der Waals surface area contributed by atoms with E-state index in [1.54, 1.807) is 19.1 Å². The average molecular weight is 480 g/mol. The molecule has 2 aliphatic heterocycles. The lowest BCUT2D eigenvalue weighted by Crippen LogP contribution is -2.38. The molecule has 0 aliphatic carbocycles.